The average molecular weight is 390 g/mol. The predicted octanol–water partition coefficient (Wildman–Crippen LogP) is 3.51. The second kappa shape index (κ2) is 7.66. The molecule has 0 fully saturated rings. The van der Waals surface area contributed by atoms with Crippen LogP contribution in [0.15, 0.2) is 36.7 Å². The van der Waals surface area contributed by atoms with Crippen LogP contribution in [0.3, 0.4) is 0 Å². The highest BCUT2D eigenvalue weighted by molar-refractivity contribution is 5.78. The van der Waals surface area contributed by atoms with E-state index in [2.05, 4.69) is 54.5 Å². The lowest BCUT2D eigenvalue weighted by molar-refractivity contribution is -0.121. The number of fused-ring (bicyclic) bond motifs is 3. The van der Waals surface area contributed by atoms with Crippen LogP contribution in [-0.2, 0) is 11.2 Å². The van der Waals surface area contributed by atoms with Gasteiger partial charge in [0.05, 0.1) is 5.69 Å². The number of aryl methyl sites for hydroxylation is 3. The molecule has 150 valence electrons. The predicted molar refractivity (Wildman–Crippen MR) is 113 cm³/mol. The number of benzene rings is 1. The van der Waals surface area contributed by atoms with Crippen LogP contribution in [0.5, 0.6) is 0 Å². The van der Waals surface area contributed by atoms with E-state index in [9.17, 15) is 4.79 Å². The number of carbonyl (C=O) groups is 1. The van der Waals surface area contributed by atoms with Gasteiger partial charge in [0.15, 0.2) is 5.65 Å². The summed E-state index contributed by atoms with van der Waals surface area (Å²) < 4.78 is 3.77. The molecule has 1 aromatic carbocycles. The molecule has 3 heterocycles. The first kappa shape index (κ1) is 19.1. The van der Waals surface area contributed by atoms with Gasteiger partial charge in [0.25, 0.3) is 0 Å². The maximum atomic E-state index is 12.1. The number of nitrogens with zero attached hydrogens (tertiary/aromatic N) is 5. The van der Waals surface area contributed by atoms with Crippen molar-refractivity contribution in [2.45, 2.75) is 53.0 Å². The van der Waals surface area contributed by atoms with Crippen molar-refractivity contribution in [2.24, 2.45) is 0 Å². The highest BCUT2D eigenvalue weighted by Crippen LogP contribution is 2.24. The third-order valence-electron chi connectivity index (χ3n) is 5.49. The Morgan fingerprint density at radius 2 is 1.97 bits per heavy atom. The van der Waals surface area contributed by atoms with Crippen LogP contribution < -0.4 is 5.32 Å². The first-order chi connectivity index (χ1) is 14.0. The van der Waals surface area contributed by atoms with Gasteiger partial charge in [-0.05, 0) is 50.5 Å². The number of aromatic nitrogens is 5. The lowest BCUT2D eigenvalue weighted by Gasteiger charge is -2.10. The minimum Gasteiger partial charge on any atom is -0.354 e. The number of nitrogens with one attached hydrogen (secondary N) is 1. The zero-order valence-electron chi connectivity index (χ0n) is 17.3. The molecule has 0 spiro atoms. The monoisotopic (exact) mass is 390 g/mol. The van der Waals surface area contributed by atoms with E-state index in [1.807, 2.05) is 34.3 Å². The molecule has 7 heteroatoms. The molecule has 3 aromatic heterocycles. The topological polar surface area (TPSA) is 76.6 Å². The molecule has 7 nitrogen and oxygen atoms in total. The van der Waals surface area contributed by atoms with Gasteiger partial charge in [-0.2, -0.15) is 5.10 Å². The molecule has 1 unspecified atom stereocenters. The second-order valence-electron chi connectivity index (χ2n) is 7.64. The quantitative estimate of drug-likeness (QED) is 0.547. The maximum absolute atomic E-state index is 12.1. The molecule has 0 bridgehead atoms. The van der Waals surface area contributed by atoms with Gasteiger partial charge >= 0.3 is 0 Å². The Balaban J connectivity index is 1.62. The minimum absolute atomic E-state index is 0.0403. The maximum Gasteiger partial charge on any atom is 0.220 e. The average Bonchev–Trinajstić information content (AvgIpc) is 3.32. The molecule has 4 rings (SSSR count). The molecule has 1 N–H and O–H groups in total. The summed E-state index contributed by atoms with van der Waals surface area (Å²) in [6.07, 6.45) is 5.66. The fraction of sp³-hybridized carbons (Fsp3) is 0.364. The first-order valence-corrected chi connectivity index (χ1v) is 10.0. The molecule has 0 saturated carbocycles. The zero-order chi connectivity index (χ0) is 20.5. The van der Waals surface area contributed by atoms with E-state index in [0.717, 1.165) is 34.7 Å². The molecule has 1 amide bonds. The van der Waals surface area contributed by atoms with E-state index in [4.69, 9.17) is 5.10 Å². The van der Waals surface area contributed by atoms with Crippen molar-refractivity contribution in [1.29, 1.82) is 0 Å². The van der Waals surface area contributed by atoms with Crippen LogP contribution in [0.2, 0.25) is 0 Å². The summed E-state index contributed by atoms with van der Waals surface area (Å²) in [7, 11) is 0. The number of carbonyl (C=O) groups excluding carboxylic acids is 1. The van der Waals surface area contributed by atoms with Crippen LogP contribution in [0.4, 0.5) is 0 Å². The van der Waals surface area contributed by atoms with Crippen molar-refractivity contribution in [2.75, 3.05) is 0 Å². The van der Waals surface area contributed by atoms with E-state index in [1.54, 1.807) is 0 Å². The molecule has 0 aliphatic heterocycles. The summed E-state index contributed by atoms with van der Waals surface area (Å²) in [5.41, 5.74) is 6.12. The molecule has 29 heavy (non-hydrogen) atoms. The summed E-state index contributed by atoms with van der Waals surface area (Å²) in [5.74, 6) is 0.814. The van der Waals surface area contributed by atoms with E-state index < -0.39 is 0 Å². The number of hydrogen-bond acceptors (Lipinski definition) is 4. The molecule has 0 radical (unpaired) electrons. The van der Waals surface area contributed by atoms with Gasteiger partial charge in [-0.1, -0.05) is 19.1 Å². The van der Waals surface area contributed by atoms with Crippen LogP contribution in [0.1, 0.15) is 43.6 Å². The Kier molecular flexibility index (Phi) is 5.05. The van der Waals surface area contributed by atoms with E-state index >= 15 is 0 Å². The van der Waals surface area contributed by atoms with Crippen molar-refractivity contribution in [3.63, 3.8) is 0 Å². The molecule has 0 aliphatic rings. The molecule has 0 aliphatic carbocycles. The van der Waals surface area contributed by atoms with Crippen molar-refractivity contribution < 1.29 is 4.79 Å². The van der Waals surface area contributed by atoms with Gasteiger partial charge in [0.1, 0.15) is 11.3 Å². The van der Waals surface area contributed by atoms with Crippen LogP contribution in [0, 0.1) is 13.8 Å². The smallest absolute Gasteiger partial charge is 0.220 e. The van der Waals surface area contributed by atoms with Gasteiger partial charge in [0, 0.05) is 36.8 Å². The highest BCUT2D eigenvalue weighted by atomic mass is 16.1. The Morgan fingerprint density at radius 3 is 2.72 bits per heavy atom. The third kappa shape index (κ3) is 3.72. The van der Waals surface area contributed by atoms with Crippen LogP contribution in [-0.4, -0.2) is 36.2 Å². The SMILES string of the molecule is CCC(C)NC(=O)CCc1nnc2c3cc(-c4ccc(C)c(C)c4)nn3ccn12. The molecule has 4 aromatic rings. The summed E-state index contributed by atoms with van der Waals surface area (Å²) in [6.45, 7) is 8.27. The normalized spacial score (nSPS) is 12.6. The van der Waals surface area contributed by atoms with E-state index in [0.29, 0.717) is 12.8 Å². The Bertz CT molecular complexity index is 1190. The largest absolute Gasteiger partial charge is 0.354 e. The Labute approximate surface area is 169 Å². The molecule has 0 saturated heterocycles. The second-order valence-corrected chi connectivity index (χ2v) is 7.64. The van der Waals surface area contributed by atoms with Crippen molar-refractivity contribution >= 4 is 17.1 Å². The fourth-order valence-electron chi connectivity index (χ4n) is 3.35. The number of amides is 1. The Morgan fingerprint density at radius 1 is 1.14 bits per heavy atom. The molecular formula is C22H26N6O. The first-order valence-electron chi connectivity index (χ1n) is 10.0. The van der Waals surface area contributed by atoms with Gasteiger partial charge in [0.2, 0.25) is 5.91 Å². The third-order valence-corrected chi connectivity index (χ3v) is 5.49. The molecular weight excluding hydrogens is 364 g/mol. The van der Waals surface area contributed by atoms with Gasteiger partial charge in [-0.3, -0.25) is 9.20 Å². The standard InChI is InChI=1S/C22H26N6O/c1-5-16(4)23-21(29)9-8-20-24-25-22-19-13-18(26-28(19)11-10-27(20)22)17-7-6-14(2)15(3)12-17/h6-7,10-13,16H,5,8-9H2,1-4H3,(H,23,29). The summed E-state index contributed by atoms with van der Waals surface area (Å²) in [4.78, 5) is 12.1. The van der Waals surface area contributed by atoms with Crippen molar-refractivity contribution in [3.8, 4) is 11.3 Å². The van der Waals surface area contributed by atoms with Gasteiger partial charge in [-0.15, -0.1) is 10.2 Å². The summed E-state index contributed by atoms with van der Waals surface area (Å²) in [5, 5.41) is 16.4. The lowest BCUT2D eigenvalue weighted by Crippen LogP contribution is -2.32. The van der Waals surface area contributed by atoms with Crippen LogP contribution >= 0.6 is 0 Å². The van der Waals surface area contributed by atoms with E-state index in [-0.39, 0.29) is 11.9 Å². The number of rotatable bonds is 6. The Hall–Kier alpha value is -3.22. The molecule has 1 atom stereocenters. The minimum atomic E-state index is 0.0403. The lowest BCUT2D eigenvalue weighted by atomic mass is 10.0. The summed E-state index contributed by atoms with van der Waals surface area (Å²) in [6, 6.07) is 8.58. The summed E-state index contributed by atoms with van der Waals surface area (Å²) >= 11 is 0. The van der Waals surface area contributed by atoms with E-state index in [1.165, 1.54) is 11.1 Å². The number of hydrogen-bond donors (Lipinski definition) is 1. The van der Waals surface area contributed by atoms with Crippen molar-refractivity contribution in [1.82, 2.24) is 29.5 Å². The zero-order valence-corrected chi connectivity index (χ0v) is 17.3. The fourth-order valence-corrected chi connectivity index (χ4v) is 3.35. The van der Waals surface area contributed by atoms with Gasteiger partial charge in [-0.25, -0.2) is 4.52 Å². The van der Waals surface area contributed by atoms with Crippen LogP contribution in [0.25, 0.3) is 22.4 Å². The van der Waals surface area contributed by atoms with Crippen molar-refractivity contribution in [3.05, 3.63) is 53.6 Å². The highest BCUT2D eigenvalue weighted by Gasteiger charge is 2.14. The van der Waals surface area contributed by atoms with Gasteiger partial charge < -0.3 is 5.32 Å².